The summed E-state index contributed by atoms with van der Waals surface area (Å²) in [6.45, 7) is 12.1. The second-order valence-corrected chi connectivity index (χ2v) is 24.1. The molecule has 21 heteroatoms. The van der Waals surface area contributed by atoms with Gasteiger partial charge in [0.1, 0.15) is 55.1 Å². The number of allylic oxidation sites excluding steroid dienone is 2. The predicted molar refractivity (Wildman–Crippen MR) is 239 cm³/mol. The molecule has 3 saturated heterocycles. The summed E-state index contributed by atoms with van der Waals surface area (Å²) in [5, 5.41) is 112. The van der Waals surface area contributed by atoms with Crippen LogP contribution in [0.5, 0.6) is 0 Å². The number of carbonyl (C=O) groups is 3. The van der Waals surface area contributed by atoms with E-state index < -0.39 is 138 Å². The number of carboxylic acid groups (broad SMARTS) is 1. The summed E-state index contributed by atoms with van der Waals surface area (Å²) in [6, 6.07) is 0. The Hall–Kier alpha value is -2.29. The number of nitrogens with one attached hydrogen (secondary N) is 1. The molecule has 0 bridgehead atoms. The van der Waals surface area contributed by atoms with Crippen LogP contribution in [0.3, 0.4) is 0 Å². The Morgan fingerprint density at radius 2 is 1.57 bits per heavy atom. The molecule has 8 fully saturated rings. The highest BCUT2D eigenvalue weighted by Crippen LogP contribution is 2.76. The number of aliphatic carboxylic acids is 1. The average molecular weight is 997 g/mol. The van der Waals surface area contributed by atoms with Crippen LogP contribution in [0.4, 0.5) is 0 Å². The second-order valence-electron chi connectivity index (χ2n) is 24.1. The van der Waals surface area contributed by atoms with E-state index in [2.05, 4.69) is 46.0 Å². The SMILES string of the molecule is CC1(C)CCC2(C(=O)NCCN)C(O)CC3(C)C(=CCC4C5(C)CCC(OC6OC(C(=O)O)C(O)C(OC7OCC(O)C(O)C7O)C6OC6OC7(CO)C(O)C(O)C67O)C(C)(C=O)C5CCC43C)C2C1. The Balaban J connectivity index is 1.04. The number of aldehydes is 1. The Bertz CT molecular complexity index is 2080. The number of ether oxygens (including phenoxy) is 6. The Labute approximate surface area is 407 Å². The fraction of sp³-hybridized carbons (Fsp3) is 0.898. The number of hydrogen-bond donors (Lipinski definition) is 12. The summed E-state index contributed by atoms with van der Waals surface area (Å²) >= 11 is 0. The molecule has 3 aliphatic heterocycles. The van der Waals surface area contributed by atoms with Gasteiger partial charge < -0.3 is 95.3 Å². The smallest absolute Gasteiger partial charge is 0.335 e. The average Bonchev–Trinajstić information content (AvgIpc) is 3.31. The van der Waals surface area contributed by atoms with Gasteiger partial charge in [0.25, 0.3) is 0 Å². The van der Waals surface area contributed by atoms with Crippen molar-refractivity contribution in [3.05, 3.63) is 11.6 Å². The fourth-order valence-corrected chi connectivity index (χ4v) is 16.0. The van der Waals surface area contributed by atoms with Gasteiger partial charge in [0, 0.05) is 13.1 Å². The third kappa shape index (κ3) is 7.04. The van der Waals surface area contributed by atoms with Gasteiger partial charge in [-0.2, -0.15) is 0 Å². The molecule has 21 nitrogen and oxygen atoms in total. The van der Waals surface area contributed by atoms with E-state index in [1.165, 1.54) is 5.57 Å². The molecule has 9 aliphatic rings. The third-order valence-electron chi connectivity index (χ3n) is 20.4. The fourth-order valence-electron chi connectivity index (χ4n) is 16.0. The molecular formula is C49H76N2O19. The van der Waals surface area contributed by atoms with E-state index >= 15 is 0 Å². The number of hydrogen-bond acceptors (Lipinski definition) is 19. The molecule has 0 aromatic carbocycles. The number of aliphatic hydroxyl groups is 9. The summed E-state index contributed by atoms with van der Waals surface area (Å²) in [7, 11) is 0. The zero-order valence-corrected chi connectivity index (χ0v) is 40.9. The quantitative estimate of drug-likeness (QED) is 0.0591. The van der Waals surface area contributed by atoms with E-state index in [0.717, 1.165) is 19.1 Å². The van der Waals surface area contributed by atoms with Crippen LogP contribution in [0.25, 0.3) is 0 Å². The molecule has 24 atom stereocenters. The molecule has 396 valence electrons. The van der Waals surface area contributed by atoms with Crippen LogP contribution in [0.15, 0.2) is 11.6 Å². The summed E-state index contributed by atoms with van der Waals surface area (Å²) in [4.78, 5) is 40.9. The molecule has 6 aliphatic carbocycles. The van der Waals surface area contributed by atoms with Crippen LogP contribution in [0, 0.1) is 50.2 Å². The minimum atomic E-state index is -2.43. The van der Waals surface area contributed by atoms with Crippen molar-refractivity contribution in [3.8, 4) is 0 Å². The predicted octanol–water partition coefficient (Wildman–Crippen LogP) is -1.67. The Morgan fingerprint density at radius 3 is 2.23 bits per heavy atom. The maximum Gasteiger partial charge on any atom is 0.335 e. The normalized spacial score (nSPS) is 54.6. The van der Waals surface area contributed by atoms with Crippen molar-refractivity contribution in [3.63, 3.8) is 0 Å². The summed E-state index contributed by atoms with van der Waals surface area (Å²) < 4.78 is 36.1. The van der Waals surface area contributed by atoms with Gasteiger partial charge in [-0.05, 0) is 97.2 Å². The highest BCUT2D eigenvalue weighted by Gasteiger charge is 2.85. The highest BCUT2D eigenvalue weighted by molar-refractivity contribution is 5.85. The first-order valence-electron chi connectivity index (χ1n) is 25.1. The zero-order valence-electron chi connectivity index (χ0n) is 40.9. The summed E-state index contributed by atoms with van der Waals surface area (Å²) in [5.74, 6) is -2.33. The number of carboxylic acids is 1. The minimum Gasteiger partial charge on any atom is -0.479 e. The molecule has 0 radical (unpaired) electrons. The number of nitrogens with two attached hydrogens (primary N) is 1. The maximum atomic E-state index is 14.2. The van der Waals surface area contributed by atoms with Gasteiger partial charge in [0.2, 0.25) is 5.91 Å². The number of fused-ring (bicyclic) bond motifs is 8. The van der Waals surface area contributed by atoms with Gasteiger partial charge in [-0.3, -0.25) is 4.79 Å². The molecule has 1 amide bonds. The lowest BCUT2D eigenvalue weighted by atomic mass is 9.33. The molecule has 0 aromatic heterocycles. The molecular weight excluding hydrogens is 921 g/mol. The molecule has 9 rings (SSSR count). The molecule has 0 spiro atoms. The van der Waals surface area contributed by atoms with E-state index in [-0.39, 0.29) is 47.5 Å². The number of aliphatic hydroxyl groups excluding tert-OH is 8. The molecule has 3 heterocycles. The zero-order chi connectivity index (χ0) is 51.1. The van der Waals surface area contributed by atoms with E-state index in [1.54, 1.807) is 6.92 Å². The lowest BCUT2D eigenvalue weighted by molar-refractivity contribution is -0.534. The Kier molecular flexibility index (Phi) is 13.3. The Morgan fingerprint density at radius 1 is 0.857 bits per heavy atom. The van der Waals surface area contributed by atoms with E-state index in [9.17, 15) is 65.4 Å². The minimum absolute atomic E-state index is 0.00442. The number of amides is 1. The van der Waals surface area contributed by atoms with Gasteiger partial charge in [-0.25, -0.2) is 4.79 Å². The van der Waals surface area contributed by atoms with Gasteiger partial charge in [-0.1, -0.05) is 53.2 Å². The number of carbonyl (C=O) groups excluding carboxylic acids is 2. The molecule has 5 saturated carbocycles. The van der Waals surface area contributed by atoms with Crippen molar-refractivity contribution in [1.29, 1.82) is 0 Å². The van der Waals surface area contributed by atoms with E-state index in [0.29, 0.717) is 45.1 Å². The van der Waals surface area contributed by atoms with Crippen LogP contribution in [0.2, 0.25) is 0 Å². The van der Waals surface area contributed by atoms with Crippen molar-refractivity contribution in [1.82, 2.24) is 5.32 Å². The first-order chi connectivity index (χ1) is 32.7. The molecule has 0 aromatic rings. The lowest BCUT2D eigenvalue weighted by Crippen LogP contribution is -2.96. The number of rotatable bonds is 12. The van der Waals surface area contributed by atoms with Gasteiger partial charge in [0.05, 0.1) is 36.3 Å². The van der Waals surface area contributed by atoms with Crippen molar-refractivity contribution < 1.29 is 93.9 Å². The van der Waals surface area contributed by atoms with E-state index in [4.69, 9.17) is 34.2 Å². The summed E-state index contributed by atoms with van der Waals surface area (Å²) in [6.07, 6.45) is -16.0. The monoisotopic (exact) mass is 997 g/mol. The van der Waals surface area contributed by atoms with Gasteiger partial charge in [0.15, 0.2) is 36.2 Å². The lowest BCUT2D eigenvalue weighted by Gasteiger charge is -2.71. The molecule has 24 unspecified atom stereocenters. The van der Waals surface area contributed by atoms with Crippen molar-refractivity contribution in [2.45, 2.75) is 197 Å². The van der Waals surface area contributed by atoms with Crippen molar-refractivity contribution in [2.24, 2.45) is 56.0 Å². The third-order valence-corrected chi connectivity index (χ3v) is 20.4. The van der Waals surface area contributed by atoms with E-state index in [1.807, 2.05) is 0 Å². The molecule has 70 heavy (non-hydrogen) atoms. The van der Waals surface area contributed by atoms with Crippen LogP contribution in [0.1, 0.15) is 99.3 Å². The van der Waals surface area contributed by atoms with Crippen LogP contribution in [-0.2, 0) is 42.8 Å². The van der Waals surface area contributed by atoms with Crippen LogP contribution >= 0.6 is 0 Å². The van der Waals surface area contributed by atoms with Gasteiger partial charge >= 0.3 is 5.97 Å². The van der Waals surface area contributed by atoms with Gasteiger partial charge in [-0.15, -0.1) is 0 Å². The maximum absolute atomic E-state index is 14.2. The second kappa shape index (κ2) is 17.7. The first-order valence-corrected chi connectivity index (χ1v) is 25.1. The van der Waals surface area contributed by atoms with Crippen molar-refractivity contribution in [2.75, 3.05) is 26.3 Å². The topological polar surface area (TPSA) is 347 Å². The van der Waals surface area contributed by atoms with Crippen LogP contribution in [-0.4, -0.2) is 193 Å². The van der Waals surface area contributed by atoms with Crippen molar-refractivity contribution >= 4 is 18.2 Å². The van der Waals surface area contributed by atoms with Crippen LogP contribution < -0.4 is 11.1 Å². The molecule has 13 N–H and O–H groups in total. The summed E-state index contributed by atoms with van der Waals surface area (Å²) in [5.41, 5.74) is -1.20. The first kappa shape index (κ1) is 52.6. The highest BCUT2D eigenvalue weighted by atomic mass is 16.8. The standard InChI is InChI=1S/C49H76N2O19/c1-42(2)13-14-47(40(63)51-16-15-50)23(17-42)22-7-8-26-43(3)11-10-28(44(4,20-52)25(43)9-12-45(26,5)46(22,6)18-27(47)55)66-39-34(69-41-49(64)36(60)35(59)48(49,21-53)70-41)32(31(58)33(68-39)37(61)62)67-38-30(57)29(56)24(54)19-65-38/h7,20,23-36,38-39,41,53-60,64H,8-19,21,50H2,1-6H3,(H,51,63)(H,61,62). The largest absolute Gasteiger partial charge is 0.479 e.